The van der Waals surface area contributed by atoms with Crippen LogP contribution in [0.4, 0.5) is 4.39 Å². The number of rotatable bonds is 5. The smallest absolute Gasteiger partial charge is 0.307 e. The Morgan fingerprint density at radius 3 is 2.67 bits per heavy atom. The lowest BCUT2D eigenvalue weighted by Crippen LogP contribution is -2.17. The molecule has 6 heteroatoms. The molecule has 4 nitrogen and oxygen atoms in total. The van der Waals surface area contributed by atoms with Crippen LogP contribution < -0.4 is 10.5 Å². The summed E-state index contributed by atoms with van der Waals surface area (Å²) in [6.07, 6.45) is 0.0274. The predicted molar refractivity (Wildman–Crippen MR) is 68.4 cm³/mol. The molecule has 0 spiro atoms. The van der Waals surface area contributed by atoms with Crippen LogP contribution >= 0.6 is 12.4 Å². The summed E-state index contributed by atoms with van der Waals surface area (Å²) >= 11 is 0. The van der Waals surface area contributed by atoms with E-state index in [1.165, 1.54) is 19.2 Å². The first kappa shape index (κ1) is 16.7. The van der Waals surface area contributed by atoms with Crippen LogP contribution in [0.25, 0.3) is 0 Å². The lowest BCUT2D eigenvalue weighted by atomic mass is 10.0. The van der Waals surface area contributed by atoms with Gasteiger partial charge in [0.15, 0.2) is 11.6 Å². The monoisotopic (exact) mass is 277 g/mol. The van der Waals surface area contributed by atoms with Crippen molar-refractivity contribution in [1.82, 2.24) is 0 Å². The SMILES string of the molecule is CCOC(=O)C[C@H](N)c1ccc(OC)c(F)c1.Cl. The van der Waals surface area contributed by atoms with Gasteiger partial charge in [0.1, 0.15) is 0 Å². The number of hydrogen-bond acceptors (Lipinski definition) is 4. The van der Waals surface area contributed by atoms with Gasteiger partial charge in [-0.2, -0.15) is 0 Å². The van der Waals surface area contributed by atoms with Crippen LogP contribution in [0.1, 0.15) is 24.9 Å². The van der Waals surface area contributed by atoms with Crippen molar-refractivity contribution in [2.24, 2.45) is 5.73 Å². The van der Waals surface area contributed by atoms with Crippen molar-refractivity contribution in [3.05, 3.63) is 29.6 Å². The fourth-order valence-electron chi connectivity index (χ4n) is 1.43. The Kier molecular flexibility index (Phi) is 7.31. The van der Waals surface area contributed by atoms with E-state index >= 15 is 0 Å². The maximum atomic E-state index is 13.4. The van der Waals surface area contributed by atoms with Crippen molar-refractivity contribution in [2.45, 2.75) is 19.4 Å². The number of ether oxygens (including phenoxy) is 2. The number of esters is 1. The third-order valence-corrected chi connectivity index (χ3v) is 2.30. The van der Waals surface area contributed by atoms with Gasteiger partial charge in [-0.05, 0) is 24.6 Å². The minimum Gasteiger partial charge on any atom is -0.494 e. The zero-order chi connectivity index (χ0) is 12.8. The van der Waals surface area contributed by atoms with Gasteiger partial charge in [-0.1, -0.05) is 6.07 Å². The van der Waals surface area contributed by atoms with E-state index in [0.29, 0.717) is 12.2 Å². The molecular weight excluding hydrogens is 261 g/mol. The Hall–Kier alpha value is -1.33. The third-order valence-electron chi connectivity index (χ3n) is 2.30. The van der Waals surface area contributed by atoms with Crippen LogP contribution in [-0.2, 0) is 9.53 Å². The predicted octanol–water partition coefficient (Wildman–Crippen LogP) is 2.21. The summed E-state index contributed by atoms with van der Waals surface area (Å²) in [7, 11) is 1.39. The van der Waals surface area contributed by atoms with Crippen molar-refractivity contribution in [2.75, 3.05) is 13.7 Å². The topological polar surface area (TPSA) is 61.5 Å². The molecular formula is C12H17ClFNO3. The van der Waals surface area contributed by atoms with Gasteiger partial charge in [0.2, 0.25) is 0 Å². The quantitative estimate of drug-likeness (QED) is 0.838. The number of methoxy groups -OCH3 is 1. The number of carbonyl (C=O) groups excluding carboxylic acids is 1. The fraction of sp³-hybridized carbons (Fsp3) is 0.417. The lowest BCUT2D eigenvalue weighted by molar-refractivity contribution is -0.143. The van der Waals surface area contributed by atoms with Gasteiger partial charge in [0, 0.05) is 6.04 Å². The maximum Gasteiger partial charge on any atom is 0.307 e. The lowest BCUT2D eigenvalue weighted by Gasteiger charge is -2.12. The van der Waals surface area contributed by atoms with Crippen LogP contribution in [-0.4, -0.2) is 19.7 Å². The number of hydrogen-bond donors (Lipinski definition) is 1. The number of benzene rings is 1. The first-order valence-corrected chi connectivity index (χ1v) is 5.33. The summed E-state index contributed by atoms with van der Waals surface area (Å²) in [5.41, 5.74) is 6.32. The Morgan fingerprint density at radius 2 is 2.17 bits per heavy atom. The highest BCUT2D eigenvalue weighted by molar-refractivity contribution is 5.85. The minimum atomic E-state index is -0.575. The molecule has 2 N–H and O–H groups in total. The van der Waals surface area contributed by atoms with Gasteiger partial charge < -0.3 is 15.2 Å². The summed E-state index contributed by atoms with van der Waals surface area (Å²) in [5.74, 6) is -0.738. The Morgan fingerprint density at radius 1 is 1.50 bits per heavy atom. The van der Waals surface area contributed by atoms with E-state index in [2.05, 4.69) is 0 Å². The summed E-state index contributed by atoms with van der Waals surface area (Å²) < 4.78 is 23.0. The molecule has 0 aliphatic heterocycles. The van der Waals surface area contributed by atoms with E-state index in [4.69, 9.17) is 15.2 Å². The van der Waals surface area contributed by atoms with Gasteiger partial charge in [-0.15, -0.1) is 12.4 Å². The molecule has 0 heterocycles. The van der Waals surface area contributed by atoms with Crippen molar-refractivity contribution >= 4 is 18.4 Å². The van der Waals surface area contributed by atoms with E-state index in [0.717, 1.165) is 0 Å². The zero-order valence-electron chi connectivity index (χ0n) is 10.3. The molecule has 0 saturated carbocycles. The van der Waals surface area contributed by atoms with Gasteiger partial charge in [0.05, 0.1) is 20.1 Å². The Bertz CT molecular complexity index is 401. The number of halogens is 2. The van der Waals surface area contributed by atoms with E-state index in [-0.39, 0.29) is 24.6 Å². The van der Waals surface area contributed by atoms with Crippen LogP contribution in [0.2, 0.25) is 0 Å². The highest BCUT2D eigenvalue weighted by Crippen LogP contribution is 2.22. The van der Waals surface area contributed by atoms with Crippen molar-refractivity contribution < 1.29 is 18.7 Å². The molecule has 1 aromatic carbocycles. The standard InChI is InChI=1S/C12H16FNO3.ClH/c1-3-17-12(15)7-10(14)8-4-5-11(16-2)9(13)6-8;/h4-6,10H,3,7,14H2,1-2H3;1H/t10-;/m0./s1. The van der Waals surface area contributed by atoms with E-state index in [9.17, 15) is 9.18 Å². The van der Waals surface area contributed by atoms with E-state index in [1.54, 1.807) is 13.0 Å². The van der Waals surface area contributed by atoms with E-state index < -0.39 is 17.8 Å². The molecule has 0 bridgehead atoms. The maximum absolute atomic E-state index is 13.4. The number of carbonyl (C=O) groups is 1. The molecule has 0 amide bonds. The van der Waals surface area contributed by atoms with Crippen LogP contribution in [0.5, 0.6) is 5.75 Å². The van der Waals surface area contributed by atoms with Gasteiger partial charge in [0.25, 0.3) is 0 Å². The number of nitrogens with two attached hydrogens (primary N) is 1. The van der Waals surface area contributed by atoms with Crippen molar-refractivity contribution in [3.63, 3.8) is 0 Å². The van der Waals surface area contributed by atoms with Crippen LogP contribution in [0.15, 0.2) is 18.2 Å². The van der Waals surface area contributed by atoms with E-state index in [1.807, 2.05) is 0 Å². The second-order valence-electron chi connectivity index (χ2n) is 3.51. The van der Waals surface area contributed by atoms with Gasteiger partial charge in [-0.3, -0.25) is 4.79 Å². The summed E-state index contributed by atoms with van der Waals surface area (Å²) in [6, 6.07) is 3.80. The molecule has 1 rings (SSSR count). The second-order valence-corrected chi connectivity index (χ2v) is 3.51. The highest BCUT2D eigenvalue weighted by Gasteiger charge is 2.14. The molecule has 1 atom stereocenters. The third kappa shape index (κ3) is 4.50. The van der Waals surface area contributed by atoms with Crippen molar-refractivity contribution in [1.29, 1.82) is 0 Å². The summed E-state index contributed by atoms with van der Waals surface area (Å²) in [4.78, 5) is 11.2. The molecule has 102 valence electrons. The minimum absolute atomic E-state index is 0. The fourth-order valence-corrected chi connectivity index (χ4v) is 1.43. The Balaban J connectivity index is 0.00000289. The summed E-state index contributed by atoms with van der Waals surface area (Å²) in [6.45, 7) is 2.03. The first-order valence-electron chi connectivity index (χ1n) is 5.33. The largest absolute Gasteiger partial charge is 0.494 e. The molecule has 18 heavy (non-hydrogen) atoms. The summed E-state index contributed by atoms with van der Waals surface area (Å²) in [5, 5.41) is 0. The zero-order valence-corrected chi connectivity index (χ0v) is 11.1. The molecule has 0 aliphatic rings. The normalized spacial score (nSPS) is 11.3. The van der Waals surface area contributed by atoms with Crippen LogP contribution in [0, 0.1) is 5.82 Å². The highest BCUT2D eigenvalue weighted by atomic mass is 35.5. The molecule has 0 saturated heterocycles. The molecule has 0 radical (unpaired) electrons. The molecule has 0 fully saturated rings. The molecule has 1 aromatic rings. The van der Waals surface area contributed by atoms with Crippen LogP contribution in [0.3, 0.4) is 0 Å². The molecule has 0 aliphatic carbocycles. The second kappa shape index (κ2) is 7.89. The first-order chi connectivity index (χ1) is 8.08. The average Bonchev–Trinajstić information content (AvgIpc) is 2.29. The average molecular weight is 278 g/mol. The Labute approximate surface area is 112 Å². The van der Waals surface area contributed by atoms with Crippen molar-refractivity contribution in [3.8, 4) is 5.75 Å². The molecule has 0 aromatic heterocycles. The van der Waals surface area contributed by atoms with Gasteiger partial charge >= 0.3 is 5.97 Å². The molecule has 0 unspecified atom stereocenters. The van der Waals surface area contributed by atoms with Gasteiger partial charge in [-0.25, -0.2) is 4.39 Å².